The molecule has 0 saturated heterocycles. The van der Waals surface area contributed by atoms with Crippen LogP contribution in [0.1, 0.15) is 209 Å². The quantitative estimate of drug-likeness (QED) is 0.0354. The first-order valence-corrected chi connectivity index (χ1v) is 21.9. The molecule has 0 aliphatic heterocycles. The molecule has 2 atom stereocenters. The van der Waals surface area contributed by atoms with E-state index in [0.29, 0.717) is 51.2 Å². The molecule has 0 aromatic carbocycles. The Hall–Kier alpha value is -1.44. The molecular formula is C44H86O7. The molecule has 0 N–H and O–H groups in total. The Labute approximate surface area is 317 Å². The van der Waals surface area contributed by atoms with Crippen molar-refractivity contribution in [1.29, 1.82) is 0 Å². The van der Waals surface area contributed by atoms with Gasteiger partial charge in [0.2, 0.25) is 12.6 Å². The lowest BCUT2D eigenvalue weighted by Crippen LogP contribution is -2.34. The lowest BCUT2D eigenvalue weighted by atomic mass is 10.1. The van der Waals surface area contributed by atoms with Crippen molar-refractivity contribution in [2.24, 2.45) is 0 Å². The van der Waals surface area contributed by atoms with Crippen LogP contribution in [-0.2, 0) is 33.2 Å². The van der Waals surface area contributed by atoms with Crippen LogP contribution in [0.4, 0.5) is 0 Å². The van der Waals surface area contributed by atoms with Crippen molar-refractivity contribution < 1.29 is 33.2 Å². The fourth-order valence-corrected chi connectivity index (χ4v) is 5.40. The Bertz CT molecular complexity index is 708. The fraction of sp³-hybridized carbons (Fsp3) is 0.909. The van der Waals surface area contributed by atoms with Crippen LogP contribution in [0.3, 0.4) is 0 Å². The normalized spacial score (nSPS) is 13.8. The predicted molar refractivity (Wildman–Crippen MR) is 215 cm³/mol. The number of ether oxygens (including phenoxy) is 7. The summed E-state index contributed by atoms with van der Waals surface area (Å²) in [5, 5.41) is 0. The van der Waals surface area contributed by atoms with Gasteiger partial charge in [0, 0.05) is 12.8 Å². The smallest absolute Gasteiger partial charge is 0.223 e. The zero-order valence-corrected chi connectivity index (χ0v) is 35.2. The average Bonchev–Trinajstić information content (AvgIpc) is 3.13. The summed E-state index contributed by atoms with van der Waals surface area (Å²) in [5.74, 6) is 3.04. The second-order valence-electron chi connectivity index (χ2n) is 14.0. The number of unbranched alkanes of at least 4 members (excludes halogenated alkanes) is 14. The zero-order chi connectivity index (χ0) is 37.6. The van der Waals surface area contributed by atoms with Crippen LogP contribution in [0.5, 0.6) is 0 Å². The highest BCUT2D eigenvalue weighted by atomic mass is 16.8. The minimum absolute atomic E-state index is 0.567. The molecule has 0 heterocycles. The molecule has 0 aromatic rings. The summed E-state index contributed by atoms with van der Waals surface area (Å²) in [6.45, 7) is 21.3. The standard InChI is InChI=1S/C44H86O7/c1-9-17-25-29-37-49-43(41(47-35-23-15-7)39(31-27-19-11-3)45-33-21-13-5)51-44(50-38-30-26-18-10-2)42(48-36-24-16-8)40(32-28-20-12-4)46-34-22-14-6/h43-44H,9-38H2,1-8H3. The van der Waals surface area contributed by atoms with Crippen LogP contribution in [0.15, 0.2) is 23.0 Å². The highest BCUT2D eigenvalue weighted by molar-refractivity contribution is 5.09. The van der Waals surface area contributed by atoms with Gasteiger partial charge >= 0.3 is 0 Å². The molecule has 2 unspecified atom stereocenters. The number of allylic oxidation sites excluding steroid dienone is 2. The van der Waals surface area contributed by atoms with Gasteiger partial charge in [0.25, 0.3) is 0 Å². The Morgan fingerprint density at radius 2 is 0.627 bits per heavy atom. The summed E-state index contributed by atoms with van der Waals surface area (Å²) >= 11 is 0. The van der Waals surface area contributed by atoms with Crippen LogP contribution >= 0.6 is 0 Å². The first-order chi connectivity index (χ1) is 25.1. The molecule has 304 valence electrons. The first-order valence-electron chi connectivity index (χ1n) is 21.9. The van der Waals surface area contributed by atoms with E-state index >= 15 is 0 Å². The maximum Gasteiger partial charge on any atom is 0.223 e. The van der Waals surface area contributed by atoms with E-state index < -0.39 is 12.6 Å². The Morgan fingerprint density at radius 1 is 0.314 bits per heavy atom. The van der Waals surface area contributed by atoms with Crippen molar-refractivity contribution in [3.8, 4) is 0 Å². The minimum atomic E-state index is -0.792. The van der Waals surface area contributed by atoms with Gasteiger partial charge in [0.05, 0.1) is 39.6 Å². The molecule has 0 aliphatic carbocycles. The molecule has 0 amide bonds. The number of hydrogen-bond donors (Lipinski definition) is 0. The van der Waals surface area contributed by atoms with Crippen LogP contribution in [0.2, 0.25) is 0 Å². The average molecular weight is 727 g/mol. The van der Waals surface area contributed by atoms with Gasteiger partial charge in [-0.2, -0.15) is 0 Å². The molecule has 7 nitrogen and oxygen atoms in total. The van der Waals surface area contributed by atoms with Gasteiger partial charge in [-0.3, -0.25) is 0 Å². The first kappa shape index (κ1) is 49.6. The minimum Gasteiger partial charge on any atom is -0.494 e. The highest BCUT2D eigenvalue weighted by Crippen LogP contribution is 2.29. The third-order valence-corrected chi connectivity index (χ3v) is 8.83. The molecule has 0 saturated carbocycles. The fourth-order valence-electron chi connectivity index (χ4n) is 5.40. The van der Waals surface area contributed by atoms with Crippen molar-refractivity contribution in [1.82, 2.24) is 0 Å². The molecule has 7 heteroatoms. The van der Waals surface area contributed by atoms with Gasteiger partial charge in [-0.1, -0.05) is 145 Å². The van der Waals surface area contributed by atoms with Crippen LogP contribution in [0, 0.1) is 0 Å². The van der Waals surface area contributed by atoms with Gasteiger partial charge in [0.1, 0.15) is 11.5 Å². The Balaban J connectivity index is 7.22. The molecule has 0 bridgehead atoms. The van der Waals surface area contributed by atoms with Crippen LogP contribution in [-0.4, -0.2) is 52.2 Å². The summed E-state index contributed by atoms with van der Waals surface area (Å²) in [6, 6.07) is 0. The van der Waals surface area contributed by atoms with E-state index in [-0.39, 0.29) is 0 Å². The number of rotatable bonds is 40. The molecule has 0 aromatic heterocycles. The Morgan fingerprint density at radius 3 is 0.961 bits per heavy atom. The van der Waals surface area contributed by atoms with Crippen molar-refractivity contribution >= 4 is 0 Å². The van der Waals surface area contributed by atoms with Gasteiger partial charge in [-0.25, -0.2) is 0 Å². The topological polar surface area (TPSA) is 64.6 Å². The molecular weight excluding hydrogens is 640 g/mol. The van der Waals surface area contributed by atoms with Gasteiger partial charge in [-0.05, 0) is 51.4 Å². The summed E-state index contributed by atoms with van der Waals surface area (Å²) < 4.78 is 46.9. The summed E-state index contributed by atoms with van der Waals surface area (Å²) in [5.41, 5.74) is 0. The Kier molecular flexibility index (Phi) is 37.2. The van der Waals surface area contributed by atoms with Gasteiger partial charge < -0.3 is 33.2 Å². The molecule has 0 spiro atoms. The van der Waals surface area contributed by atoms with Crippen LogP contribution in [0.25, 0.3) is 0 Å². The predicted octanol–water partition coefficient (Wildman–Crippen LogP) is 13.7. The van der Waals surface area contributed by atoms with Gasteiger partial charge in [-0.15, -0.1) is 0 Å². The SMILES string of the molecule is CCCCCCOC(OC(OCCCCCC)C(OCCCC)=C(CCCCC)OCCCC)C(OCCCC)=C(CCCCC)OCCCC. The van der Waals surface area contributed by atoms with E-state index in [4.69, 9.17) is 33.2 Å². The lowest BCUT2D eigenvalue weighted by molar-refractivity contribution is -0.243. The largest absolute Gasteiger partial charge is 0.494 e. The molecule has 0 rings (SSSR count). The number of hydrogen-bond acceptors (Lipinski definition) is 7. The molecule has 51 heavy (non-hydrogen) atoms. The maximum absolute atomic E-state index is 7.07. The molecule has 0 radical (unpaired) electrons. The molecule has 0 aliphatic rings. The third-order valence-electron chi connectivity index (χ3n) is 8.83. The van der Waals surface area contributed by atoms with Crippen molar-refractivity contribution in [2.75, 3.05) is 39.6 Å². The summed E-state index contributed by atoms with van der Waals surface area (Å²) in [6.07, 6.45) is 23.5. The monoisotopic (exact) mass is 727 g/mol. The van der Waals surface area contributed by atoms with E-state index in [1.54, 1.807) is 0 Å². The zero-order valence-electron chi connectivity index (χ0n) is 35.2. The van der Waals surface area contributed by atoms with E-state index in [1.165, 1.54) is 25.7 Å². The summed E-state index contributed by atoms with van der Waals surface area (Å²) in [4.78, 5) is 0. The van der Waals surface area contributed by atoms with E-state index in [9.17, 15) is 0 Å². The van der Waals surface area contributed by atoms with Crippen molar-refractivity contribution in [2.45, 2.75) is 222 Å². The second kappa shape index (κ2) is 38.3. The lowest BCUT2D eigenvalue weighted by Gasteiger charge is -2.30. The summed E-state index contributed by atoms with van der Waals surface area (Å²) in [7, 11) is 0. The highest BCUT2D eigenvalue weighted by Gasteiger charge is 2.32. The third kappa shape index (κ3) is 26.9. The second-order valence-corrected chi connectivity index (χ2v) is 14.0. The maximum atomic E-state index is 7.07. The van der Waals surface area contributed by atoms with Crippen molar-refractivity contribution in [3.63, 3.8) is 0 Å². The van der Waals surface area contributed by atoms with E-state index in [0.717, 1.165) is 140 Å². The van der Waals surface area contributed by atoms with E-state index in [2.05, 4.69) is 55.4 Å². The molecule has 0 fully saturated rings. The van der Waals surface area contributed by atoms with E-state index in [1.807, 2.05) is 0 Å². The van der Waals surface area contributed by atoms with Crippen molar-refractivity contribution in [3.05, 3.63) is 23.0 Å². The van der Waals surface area contributed by atoms with Gasteiger partial charge in [0.15, 0.2) is 11.5 Å². The van der Waals surface area contributed by atoms with Crippen LogP contribution < -0.4 is 0 Å².